The average molecular weight is 372 g/mol. The molecule has 5 nitrogen and oxygen atoms in total. The van der Waals surface area contributed by atoms with E-state index in [1.54, 1.807) is 0 Å². The van der Waals surface area contributed by atoms with Gasteiger partial charge in [-0.05, 0) is 24.7 Å². The van der Waals surface area contributed by atoms with Gasteiger partial charge in [0.05, 0.1) is 6.20 Å². The van der Waals surface area contributed by atoms with Crippen molar-refractivity contribution in [2.45, 2.75) is 12.6 Å². The van der Waals surface area contributed by atoms with Crippen LogP contribution in [0.5, 0.6) is 0 Å². The number of nitrogens with zero attached hydrogens (tertiary/aromatic N) is 3. The molecule has 0 radical (unpaired) electrons. The van der Waals surface area contributed by atoms with Crippen LogP contribution in [0.3, 0.4) is 0 Å². The van der Waals surface area contributed by atoms with Crippen LogP contribution in [0, 0.1) is 0 Å². The summed E-state index contributed by atoms with van der Waals surface area (Å²) in [7, 11) is 2.21. The smallest absolute Gasteiger partial charge is 0.153 e. The minimum atomic E-state index is 0.413. The Morgan fingerprint density at radius 1 is 1.07 bits per heavy atom. The maximum absolute atomic E-state index is 6.05. The summed E-state index contributed by atoms with van der Waals surface area (Å²) in [6.45, 7) is 3.97. The molecule has 0 amide bonds. The summed E-state index contributed by atoms with van der Waals surface area (Å²) in [6, 6.07) is 21.4. The first kappa shape index (κ1) is 17.2. The third kappa shape index (κ3) is 3.23. The number of benzene rings is 2. The molecule has 3 heterocycles. The number of hydrogen-bond acceptors (Lipinski definition) is 4. The highest BCUT2D eigenvalue weighted by atomic mass is 16.3. The number of piperazine rings is 1. The summed E-state index contributed by atoms with van der Waals surface area (Å²) in [5.41, 5.74) is 4.43. The van der Waals surface area contributed by atoms with E-state index in [2.05, 4.69) is 69.5 Å². The third-order valence-electron chi connectivity index (χ3n) is 5.70. The van der Waals surface area contributed by atoms with Crippen LogP contribution >= 0.6 is 0 Å². The van der Waals surface area contributed by atoms with Crippen molar-refractivity contribution in [2.75, 3.05) is 26.7 Å². The van der Waals surface area contributed by atoms with Crippen molar-refractivity contribution in [1.29, 1.82) is 0 Å². The number of H-pyrrole nitrogens is 1. The summed E-state index contributed by atoms with van der Waals surface area (Å²) in [4.78, 5) is 4.95. The lowest BCUT2D eigenvalue weighted by Crippen LogP contribution is -2.46. The summed E-state index contributed by atoms with van der Waals surface area (Å²) in [5.74, 6) is 0.849. The minimum absolute atomic E-state index is 0.413. The van der Waals surface area contributed by atoms with Crippen molar-refractivity contribution in [2.24, 2.45) is 0 Å². The molecule has 1 N–H and O–H groups in total. The molecule has 1 unspecified atom stereocenters. The Balaban J connectivity index is 1.38. The number of hydrogen-bond donors (Lipinski definition) is 1. The highest BCUT2D eigenvalue weighted by molar-refractivity contribution is 5.82. The fourth-order valence-corrected chi connectivity index (χ4v) is 4.10. The van der Waals surface area contributed by atoms with E-state index >= 15 is 0 Å². The topological polar surface area (TPSA) is 48.3 Å². The van der Waals surface area contributed by atoms with Crippen LogP contribution < -0.4 is 0 Å². The van der Waals surface area contributed by atoms with E-state index in [1.807, 2.05) is 24.4 Å². The molecule has 2 aromatic heterocycles. The molecule has 4 aromatic rings. The zero-order chi connectivity index (χ0) is 18.9. The van der Waals surface area contributed by atoms with Gasteiger partial charge < -0.3 is 4.42 Å². The molecule has 1 aliphatic heterocycles. The standard InChI is InChI=1S/C23H24N4O/c1-26-11-12-27(16-20(26)17-7-3-2-4-8-17)15-19-14-24-25-23(19)22-13-18-9-5-6-10-21(18)28-22/h2-10,13-14,20H,11-12,15-16H2,1H3,(H,24,25). The third-order valence-corrected chi connectivity index (χ3v) is 5.70. The number of fused-ring (bicyclic) bond motifs is 1. The van der Waals surface area contributed by atoms with Crippen LogP contribution in [-0.4, -0.2) is 46.7 Å². The Labute approximate surface area is 164 Å². The molecule has 0 aliphatic carbocycles. The van der Waals surface area contributed by atoms with E-state index in [0.717, 1.165) is 48.6 Å². The molecule has 0 spiro atoms. The molecule has 2 aromatic carbocycles. The number of aromatic nitrogens is 2. The van der Waals surface area contributed by atoms with Crippen LogP contribution in [0.1, 0.15) is 17.2 Å². The zero-order valence-electron chi connectivity index (χ0n) is 16.0. The van der Waals surface area contributed by atoms with Gasteiger partial charge in [-0.3, -0.25) is 14.9 Å². The van der Waals surface area contributed by atoms with Gasteiger partial charge in [0, 0.05) is 43.2 Å². The van der Waals surface area contributed by atoms with Crippen LogP contribution in [0.25, 0.3) is 22.4 Å². The Kier molecular flexibility index (Phi) is 4.47. The molecule has 5 rings (SSSR count). The Morgan fingerprint density at radius 3 is 2.75 bits per heavy atom. The molecule has 1 fully saturated rings. The first-order chi connectivity index (χ1) is 13.8. The fraction of sp³-hybridized carbons (Fsp3) is 0.261. The highest BCUT2D eigenvalue weighted by Gasteiger charge is 2.26. The van der Waals surface area contributed by atoms with E-state index in [1.165, 1.54) is 11.1 Å². The van der Waals surface area contributed by atoms with Gasteiger partial charge in [-0.1, -0.05) is 48.5 Å². The van der Waals surface area contributed by atoms with Crippen molar-refractivity contribution in [3.63, 3.8) is 0 Å². The monoisotopic (exact) mass is 372 g/mol. The Hall–Kier alpha value is -2.89. The molecule has 1 atom stereocenters. The largest absolute Gasteiger partial charge is 0.454 e. The first-order valence-corrected chi connectivity index (χ1v) is 9.76. The molecular weight excluding hydrogens is 348 g/mol. The summed E-state index contributed by atoms with van der Waals surface area (Å²) < 4.78 is 6.05. The van der Waals surface area contributed by atoms with E-state index in [9.17, 15) is 0 Å². The molecule has 1 saturated heterocycles. The van der Waals surface area contributed by atoms with Gasteiger partial charge in [-0.15, -0.1) is 0 Å². The Bertz CT molecular complexity index is 1040. The lowest BCUT2D eigenvalue weighted by molar-refractivity contribution is 0.0906. The molecule has 1 aliphatic rings. The molecular formula is C23H24N4O. The Morgan fingerprint density at radius 2 is 1.89 bits per heavy atom. The van der Waals surface area contributed by atoms with E-state index in [-0.39, 0.29) is 0 Å². The van der Waals surface area contributed by atoms with E-state index in [0.29, 0.717) is 6.04 Å². The minimum Gasteiger partial charge on any atom is -0.454 e. The number of aromatic amines is 1. The number of nitrogens with one attached hydrogen (secondary N) is 1. The van der Waals surface area contributed by atoms with Gasteiger partial charge in [0.2, 0.25) is 0 Å². The van der Waals surface area contributed by atoms with Crippen molar-refractivity contribution >= 4 is 11.0 Å². The molecule has 0 saturated carbocycles. The SMILES string of the molecule is CN1CCN(Cc2cn[nH]c2-c2cc3ccccc3o2)CC1c1ccccc1. The second kappa shape index (κ2) is 7.26. The number of furan rings is 1. The quantitative estimate of drug-likeness (QED) is 0.580. The van der Waals surface area contributed by atoms with Crippen molar-refractivity contribution < 1.29 is 4.42 Å². The van der Waals surface area contributed by atoms with Gasteiger partial charge >= 0.3 is 0 Å². The van der Waals surface area contributed by atoms with Gasteiger partial charge in [0.1, 0.15) is 11.3 Å². The predicted octanol–water partition coefficient (Wildman–Crippen LogP) is 4.31. The van der Waals surface area contributed by atoms with Crippen LogP contribution in [-0.2, 0) is 6.54 Å². The number of para-hydroxylation sites is 1. The van der Waals surface area contributed by atoms with Crippen LogP contribution in [0.2, 0.25) is 0 Å². The summed E-state index contributed by atoms with van der Waals surface area (Å²) in [5, 5.41) is 8.56. The lowest BCUT2D eigenvalue weighted by atomic mass is 10.0. The number of likely N-dealkylation sites (N-methyl/N-ethyl adjacent to an activating group) is 1. The van der Waals surface area contributed by atoms with Crippen molar-refractivity contribution in [1.82, 2.24) is 20.0 Å². The predicted molar refractivity (Wildman–Crippen MR) is 111 cm³/mol. The first-order valence-electron chi connectivity index (χ1n) is 9.76. The van der Waals surface area contributed by atoms with Gasteiger partial charge in [0.15, 0.2) is 5.76 Å². The van der Waals surface area contributed by atoms with Gasteiger partial charge in [-0.25, -0.2) is 0 Å². The van der Waals surface area contributed by atoms with Gasteiger partial charge in [0.25, 0.3) is 0 Å². The maximum atomic E-state index is 6.05. The second-order valence-electron chi connectivity index (χ2n) is 7.56. The van der Waals surface area contributed by atoms with Crippen LogP contribution in [0.4, 0.5) is 0 Å². The van der Waals surface area contributed by atoms with E-state index in [4.69, 9.17) is 4.42 Å². The molecule has 5 heteroatoms. The average Bonchev–Trinajstić information content (AvgIpc) is 3.36. The zero-order valence-corrected chi connectivity index (χ0v) is 16.0. The second-order valence-corrected chi connectivity index (χ2v) is 7.56. The normalized spacial score (nSPS) is 18.7. The van der Waals surface area contributed by atoms with E-state index < -0.39 is 0 Å². The van der Waals surface area contributed by atoms with Gasteiger partial charge in [-0.2, -0.15) is 5.10 Å². The van der Waals surface area contributed by atoms with Crippen molar-refractivity contribution in [3.05, 3.63) is 78.0 Å². The highest BCUT2D eigenvalue weighted by Crippen LogP contribution is 2.30. The number of rotatable bonds is 4. The summed E-state index contributed by atoms with van der Waals surface area (Å²) >= 11 is 0. The molecule has 28 heavy (non-hydrogen) atoms. The fourth-order valence-electron chi connectivity index (χ4n) is 4.10. The molecule has 142 valence electrons. The molecule has 0 bridgehead atoms. The maximum Gasteiger partial charge on any atom is 0.153 e. The van der Waals surface area contributed by atoms with Crippen molar-refractivity contribution in [3.8, 4) is 11.5 Å². The van der Waals surface area contributed by atoms with Crippen LogP contribution in [0.15, 0.2) is 71.3 Å². The lowest BCUT2D eigenvalue weighted by Gasteiger charge is -2.39. The summed E-state index contributed by atoms with van der Waals surface area (Å²) in [6.07, 6.45) is 1.93.